The maximum absolute atomic E-state index is 5.68. The van der Waals surface area contributed by atoms with E-state index < -0.39 is 5.91 Å². The molecular formula is C10H23NO2. The Morgan fingerprint density at radius 3 is 1.85 bits per heavy atom. The third-order valence-corrected chi connectivity index (χ3v) is 2.38. The Morgan fingerprint density at radius 2 is 1.62 bits per heavy atom. The summed E-state index contributed by atoms with van der Waals surface area (Å²) in [7, 11) is 1.71. The molecule has 0 fully saturated rings. The van der Waals surface area contributed by atoms with E-state index in [0.29, 0.717) is 6.61 Å². The number of hydrogen-bond donors (Lipinski definition) is 0. The summed E-state index contributed by atoms with van der Waals surface area (Å²) in [5.41, 5.74) is 0. The van der Waals surface area contributed by atoms with Crippen molar-refractivity contribution in [3.05, 3.63) is 0 Å². The second-order valence-corrected chi connectivity index (χ2v) is 2.88. The van der Waals surface area contributed by atoms with Crippen LogP contribution in [0.5, 0.6) is 0 Å². The van der Waals surface area contributed by atoms with E-state index >= 15 is 0 Å². The van der Waals surface area contributed by atoms with Gasteiger partial charge in [-0.05, 0) is 6.92 Å². The van der Waals surface area contributed by atoms with Gasteiger partial charge in [0, 0.05) is 33.2 Å². The summed E-state index contributed by atoms with van der Waals surface area (Å²) >= 11 is 0. The molecule has 0 aliphatic carbocycles. The van der Waals surface area contributed by atoms with Gasteiger partial charge < -0.3 is 9.47 Å². The molecular weight excluding hydrogens is 166 g/mol. The lowest BCUT2D eigenvalue weighted by molar-refractivity contribution is -0.305. The SMILES string of the molecule is CCOC(CC)(OC)N(CC)CC. The standard InChI is InChI=1S/C10H23NO2/c1-6-10(12-5,13-9-4)11(7-2)8-3/h6-9H2,1-5H3. The Bertz CT molecular complexity index is 120. The zero-order valence-corrected chi connectivity index (χ0v) is 9.59. The van der Waals surface area contributed by atoms with E-state index in [1.807, 2.05) is 6.92 Å². The van der Waals surface area contributed by atoms with Crippen LogP contribution in [0.4, 0.5) is 0 Å². The number of methoxy groups -OCH3 is 1. The molecule has 0 bridgehead atoms. The van der Waals surface area contributed by atoms with Crippen LogP contribution in [0.2, 0.25) is 0 Å². The molecule has 0 aromatic heterocycles. The van der Waals surface area contributed by atoms with Crippen molar-refractivity contribution in [2.24, 2.45) is 0 Å². The van der Waals surface area contributed by atoms with Gasteiger partial charge in [0.1, 0.15) is 0 Å². The average molecular weight is 189 g/mol. The van der Waals surface area contributed by atoms with Crippen molar-refractivity contribution in [3.8, 4) is 0 Å². The van der Waals surface area contributed by atoms with Crippen LogP contribution in [-0.4, -0.2) is 37.6 Å². The van der Waals surface area contributed by atoms with Crippen molar-refractivity contribution in [3.63, 3.8) is 0 Å². The first kappa shape index (κ1) is 12.9. The highest BCUT2D eigenvalue weighted by Gasteiger charge is 2.33. The second-order valence-electron chi connectivity index (χ2n) is 2.88. The Kier molecular flexibility index (Phi) is 6.29. The molecule has 0 aliphatic rings. The minimum absolute atomic E-state index is 0.516. The van der Waals surface area contributed by atoms with Crippen LogP contribution in [0.15, 0.2) is 0 Å². The molecule has 1 unspecified atom stereocenters. The smallest absolute Gasteiger partial charge is 0.229 e. The summed E-state index contributed by atoms with van der Waals surface area (Å²) in [5.74, 6) is -0.516. The minimum atomic E-state index is -0.516. The Hall–Kier alpha value is -0.120. The molecule has 0 radical (unpaired) electrons. The zero-order valence-electron chi connectivity index (χ0n) is 9.59. The monoisotopic (exact) mass is 189 g/mol. The first-order valence-electron chi connectivity index (χ1n) is 5.14. The summed E-state index contributed by atoms with van der Waals surface area (Å²) in [6.07, 6.45) is 0.846. The third kappa shape index (κ3) is 2.93. The van der Waals surface area contributed by atoms with Gasteiger partial charge in [-0.25, -0.2) is 0 Å². The maximum Gasteiger partial charge on any atom is 0.229 e. The minimum Gasteiger partial charge on any atom is -0.341 e. The molecule has 0 aromatic rings. The number of hydrogen-bond acceptors (Lipinski definition) is 3. The highest BCUT2D eigenvalue weighted by atomic mass is 16.7. The van der Waals surface area contributed by atoms with Gasteiger partial charge in [0.15, 0.2) is 0 Å². The van der Waals surface area contributed by atoms with Crippen LogP contribution in [0, 0.1) is 0 Å². The lowest BCUT2D eigenvalue weighted by Crippen LogP contribution is -2.51. The third-order valence-electron chi connectivity index (χ3n) is 2.38. The van der Waals surface area contributed by atoms with Crippen LogP contribution in [0.25, 0.3) is 0 Å². The van der Waals surface area contributed by atoms with E-state index in [2.05, 4.69) is 25.7 Å². The topological polar surface area (TPSA) is 21.7 Å². The molecule has 0 saturated carbocycles. The lowest BCUT2D eigenvalue weighted by atomic mass is 10.3. The van der Waals surface area contributed by atoms with Gasteiger partial charge in [0.25, 0.3) is 0 Å². The maximum atomic E-state index is 5.68. The van der Waals surface area contributed by atoms with E-state index in [9.17, 15) is 0 Å². The Labute approximate surface area is 82.0 Å². The quantitative estimate of drug-likeness (QED) is 0.572. The summed E-state index contributed by atoms with van der Waals surface area (Å²) in [4.78, 5) is 2.19. The van der Waals surface area contributed by atoms with Crippen molar-refractivity contribution in [1.29, 1.82) is 0 Å². The molecule has 0 aromatic carbocycles. The Balaban J connectivity index is 4.50. The predicted molar refractivity (Wildman–Crippen MR) is 54.6 cm³/mol. The van der Waals surface area contributed by atoms with Crippen molar-refractivity contribution >= 4 is 0 Å². The van der Waals surface area contributed by atoms with Crippen LogP contribution >= 0.6 is 0 Å². The van der Waals surface area contributed by atoms with Crippen LogP contribution in [-0.2, 0) is 9.47 Å². The molecule has 1 atom stereocenters. The fourth-order valence-corrected chi connectivity index (χ4v) is 1.68. The van der Waals surface area contributed by atoms with Gasteiger partial charge in [-0.15, -0.1) is 0 Å². The molecule has 80 valence electrons. The second kappa shape index (κ2) is 6.35. The molecule has 0 aliphatic heterocycles. The predicted octanol–water partition coefficient (Wildman–Crippen LogP) is 2.07. The van der Waals surface area contributed by atoms with E-state index in [4.69, 9.17) is 9.47 Å². The van der Waals surface area contributed by atoms with E-state index in [1.165, 1.54) is 0 Å². The van der Waals surface area contributed by atoms with E-state index in [-0.39, 0.29) is 0 Å². The fourth-order valence-electron chi connectivity index (χ4n) is 1.68. The highest BCUT2D eigenvalue weighted by Crippen LogP contribution is 2.21. The van der Waals surface area contributed by atoms with E-state index in [0.717, 1.165) is 19.5 Å². The summed E-state index contributed by atoms with van der Waals surface area (Å²) in [5, 5.41) is 0. The summed E-state index contributed by atoms with van der Waals surface area (Å²) in [6.45, 7) is 10.9. The van der Waals surface area contributed by atoms with Gasteiger partial charge in [-0.1, -0.05) is 20.8 Å². The average Bonchev–Trinajstić information content (AvgIpc) is 2.18. The van der Waals surface area contributed by atoms with Crippen molar-refractivity contribution in [2.45, 2.75) is 40.0 Å². The highest BCUT2D eigenvalue weighted by molar-refractivity contribution is 4.68. The zero-order chi connectivity index (χ0) is 10.3. The van der Waals surface area contributed by atoms with Crippen LogP contribution in [0.1, 0.15) is 34.1 Å². The fraction of sp³-hybridized carbons (Fsp3) is 1.00. The molecule has 3 heteroatoms. The molecule has 0 amide bonds. The van der Waals surface area contributed by atoms with Crippen molar-refractivity contribution < 1.29 is 9.47 Å². The molecule has 13 heavy (non-hydrogen) atoms. The van der Waals surface area contributed by atoms with Crippen molar-refractivity contribution in [1.82, 2.24) is 4.90 Å². The van der Waals surface area contributed by atoms with Gasteiger partial charge in [-0.3, -0.25) is 4.90 Å². The number of ether oxygens (including phenoxy) is 2. The molecule has 0 N–H and O–H groups in total. The van der Waals surface area contributed by atoms with Crippen molar-refractivity contribution in [2.75, 3.05) is 26.8 Å². The first-order chi connectivity index (χ1) is 6.20. The van der Waals surface area contributed by atoms with Gasteiger partial charge >= 0.3 is 0 Å². The first-order valence-corrected chi connectivity index (χ1v) is 5.14. The molecule has 0 spiro atoms. The van der Waals surface area contributed by atoms with Crippen LogP contribution < -0.4 is 0 Å². The van der Waals surface area contributed by atoms with Crippen LogP contribution in [0.3, 0.4) is 0 Å². The summed E-state index contributed by atoms with van der Waals surface area (Å²) in [6, 6.07) is 0. The molecule has 0 saturated heterocycles. The van der Waals surface area contributed by atoms with Gasteiger partial charge in [0.2, 0.25) is 5.91 Å². The number of rotatable bonds is 7. The lowest BCUT2D eigenvalue weighted by Gasteiger charge is -2.40. The normalized spacial score (nSPS) is 16.2. The largest absolute Gasteiger partial charge is 0.341 e. The molecule has 0 rings (SSSR count). The Morgan fingerprint density at radius 1 is 1.08 bits per heavy atom. The van der Waals surface area contributed by atoms with Gasteiger partial charge in [0.05, 0.1) is 0 Å². The molecule has 0 heterocycles. The number of nitrogens with zero attached hydrogens (tertiary/aromatic N) is 1. The van der Waals surface area contributed by atoms with Gasteiger partial charge in [-0.2, -0.15) is 0 Å². The molecule has 3 nitrogen and oxygen atoms in total. The van der Waals surface area contributed by atoms with E-state index in [1.54, 1.807) is 7.11 Å². The summed E-state index contributed by atoms with van der Waals surface area (Å²) < 4.78 is 11.2.